The smallest absolute Gasteiger partial charge is 0.167 e. The second-order valence-corrected chi connectivity index (χ2v) is 6.52. The van der Waals surface area contributed by atoms with Gasteiger partial charge in [-0.1, -0.05) is 0 Å². The fraction of sp³-hybridized carbons (Fsp3) is 0.667. The molecular weight excluding hydrogens is 330 g/mol. The van der Waals surface area contributed by atoms with E-state index in [0.29, 0.717) is 17.0 Å². The third-order valence-electron chi connectivity index (χ3n) is 4.95. The summed E-state index contributed by atoms with van der Waals surface area (Å²) in [6.45, 7) is -0.400. The number of nitrogens with zero attached hydrogens (tertiary/aromatic N) is 4. The first-order chi connectivity index (χ1) is 12.1. The molecule has 1 saturated heterocycles. The summed E-state index contributed by atoms with van der Waals surface area (Å²) in [4.78, 5) is 12.7. The normalized spacial score (nSPS) is 35.5. The maximum atomic E-state index is 10.2. The summed E-state index contributed by atoms with van der Waals surface area (Å²) < 4.78 is 7.04. The van der Waals surface area contributed by atoms with Crippen LogP contribution in [-0.2, 0) is 4.74 Å². The van der Waals surface area contributed by atoms with Crippen LogP contribution in [0.15, 0.2) is 12.7 Å². The average molecular weight is 351 g/mol. The number of anilines is 1. The molecule has 2 aromatic heterocycles. The van der Waals surface area contributed by atoms with Crippen molar-refractivity contribution in [2.75, 3.05) is 11.9 Å². The van der Waals surface area contributed by atoms with Gasteiger partial charge in [0.2, 0.25) is 0 Å². The Balaban J connectivity index is 1.65. The van der Waals surface area contributed by atoms with E-state index in [9.17, 15) is 20.4 Å². The molecule has 1 unspecified atom stereocenters. The van der Waals surface area contributed by atoms with E-state index >= 15 is 0 Å². The van der Waals surface area contributed by atoms with E-state index in [1.54, 1.807) is 0 Å². The minimum Gasteiger partial charge on any atom is -0.394 e. The third-order valence-corrected chi connectivity index (χ3v) is 4.95. The van der Waals surface area contributed by atoms with E-state index < -0.39 is 37.3 Å². The van der Waals surface area contributed by atoms with Gasteiger partial charge in [-0.3, -0.25) is 4.57 Å². The Bertz CT molecular complexity index is 755. The van der Waals surface area contributed by atoms with Crippen molar-refractivity contribution in [2.24, 2.45) is 0 Å². The monoisotopic (exact) mass is 351 g/mol. The number of aliphatic hydroxyl groups excluding tert-OH is 4. The standard InChI is InChI=1S/C15H21N5O5/c21-4-9-11(23)12(24)15(25-9)20-6-18-10-13(16-5-17-14(10)20)19-7-2-1-3-8(7)22/h5-9,11-12,15,21-24H,1-4H2,(H,16,17,19)/t7-,8-,9?,11-,12-,15-/m1/s1. The molecule has 1 saturated carbocycles. The Kier molecular flexibility index (Phi) is 4.29. The number of rotatable bonds is 4. The zero-order valence-electron chi connectivity index (χ0n) is 13.4. The summed E-state index contributed by atoms with van der Waals surface area (Å²) in [5.41, 5.74) is 0.916. The fourth-order valence-corrected chi connectivity index (χ4v) is 3.54. The molecule has 6 atom stereocenters. The maximum absolute atomic E-state index is 10.2. The molecule has 5 N–H and O–H groups in total. The molecule has 0 aromatic carbocycles. The Morgan fingerprint density at radius 1 is 1.16 bits per heavy atom. The predicted octanol–water partition coefficient (Wildman–Crippen LogP) is -1.24. The van der Waals surface area contributed by atoms with Gasteiger partial charge in [0.15, 0.2) is 23.2 Å². The van der Waals surface area contributed by atoms with Gasteiger partial charge in [0, 0.05) is 0 Å². The van der Waals surface area contributed by atoms with E-state index in [0.717, 1.165) is 19.3 Å². The maximum Gasteiger partial charge on any atom is 0.167 e. The van der Waals surface area contributed by atoms with E-state index in [2.05, 4.69) is 20.3 Å². The molecule has 0 amide bonds. The van der Waals surface area contributed by atoms with Gasteiger partial charge in [-0.25, -0.2) is 15.0 Å². The molecular formula is C15H21N5O5. The lowest BCUT2D eigenvalue weighted by Gasteiger charge is -2.18. The van der Waals surface area contributed by atoms with E-state index in [-0.39, 0.29) is 6.04 Å². The second kappa shape index (κ2) is 6.46. The number of fused-ring (bicyclic) bond motifs is 1. The molecule has 1 aliphatic heterocycles. The van der Waals surface area contributed by atoms with E-state index in [4.69, 9.17) is 4.74 Å². The quantitative estimate of drug-likeness (QED) is 0.456. The molecule has 2 aromatic rings. The largest absolute Gasteiger partial charge is 0.394 e. The highest BCUT2D eigenvalue weighted by atomic mass is 16.6. The summed E-state index contributed by atoms with van der Waals surface area (Å²) >= 11 is 0. The van der Waals surface area contributed by atoms with E-state index in [1.807, 2.05) is 0 Å². The molecule has 136 valence electrons. The summed E-state index contributed by atoms with van der Waals surface area (Å²) in [5.74, 6) is 0.501. The molecule has 0 spiro atoms. The molecule has 1 aliphatic carbocycles. The van der Waals surface area contributed by atoms with Gasteiger partial charge in [0.05, 0.1) is 25.1 Å². The highest BCUT2D eigenvalue weighted by molar-refractivity contribution is 5.82. The molecule has 10 nitrogen and oxygen atoms in total. The summed E-state index contributed by atoms with van der Waals surface area (Å²) in [7, 11) is 0. The molecule has 25 heavy (non-hydrogen) atoms. The first-order valence-electron chi connectivity index (χ1n) is 8.34. The van der Waals surface area contributed by atoms with Gasteiger partial charge in [-0.2, -0.15) is 0 Å². The Labute approximate surface area is 143 Å². The van der Waals surface area contributed by atoms with Crippen LogP contribution in [0.3, 0.4) is 0 Å². The van der Waals surface area contributed by atoms with Crippen LogP contribution in [0.2, 0.25) is 0 Å². The van der Waals surface area contributed by atoms with Crippen LogP contribution in [-0.4, -0.2) is 77.0 Å². The number of nitrogens with one attached hydrogen (secondary N) is 1. The Morgan fingerprint density at radius 2 is 2.00 bits per heavy atom. The van der Waals surface area contributed by atoms with E-state index in [1.165, 1.54) is 17.2 Å². The van der Waals surface area contributed by atoms with Gasteiger partial charge in [0.1, 0.15) is 24.6 Å². The third kappa shape index (κ3) is 2.75. The van der Waals surface area contributed by atoms with Gasteiger partial charge in [-0.15, -0.1) is 0 Å². The minimum atomic E-state index is -1.21. The van der Waals surface area contributed by atoms with Crippen molar-refractivity contribution in [3.05, 3.63) is 12.7 Å². The Morgan fingerprint density at radius 3 is 2.68 bits per heavy atom. The van der Waals surface area contributed by atoms with Crippen molar-refractivity contribution in [1.82, 2.24) is 19.5 Å². The number of aromatic nitrogens is 4. The lowest BCUT2D eigenvalue weighted by molar-refractivity contribution is -0.0511. The Hall–Kier alpha value is -1.85. The van der Waals surface area contributed by atoms with Crippen LogP contribution in [0.4, 0.5) is 5.82 Å². The number of hydrogen-bond donors (Lipinski definition) is 5. The molecule has 2 fully saturated rings. The first kappa shape index (κ1) is 16.6. The zero-order valence-corrected chi connectivity index (χ0v) is 13.4. The summed E-state index contributed by atoms with van der Waals surface area (Å²) in [5, 5.41) is 42.6. The molecule has 3 heterocycles. The number of aliphatic hydroxyl groups is 4. The SMILES string of the molecule is OCC1O[C@@H](n2cnc3c(N[C@@H]4CCC[C@H]4O)ncnc32)[C@H](O)[C@@H]1O. The lowest BCUT2D eigenvalue weighted by atomic mass is 10.1. The van der Waals surface area contributed by atoms with Crippen LogP contribution in [0.1, 0.15) is 25.5 Å². The van der Waals surface area contributed by atoms with Crippen molar-refractivity contribution in [3.8, 4) is 0 Å². The van der Waals surface area contributed by atoms with Gasteiger partial charge < -0.3 is 30.5 Å². The molecule has 4 rings (SSSR count). The highest BCUT2D eigenvalue weighted by Gasteiger charge is 2.44. The minimum absolute atomic E-state index is 0.0860. The van der Waals surface area contributed by atoms with Crippen LogP contribution in [0.25, 0.3) is 11.2 Å². The van der Waals surface area contributed by atoms with Crippen LogP contribution in [0, 0.1) is 0 Å². The van der Waals surface area contributed by atoms with Crippen molar-refractivity contribution < 1.29 is 25.2 Å². The van der Waals surface area contributed by atoms with Crippen molar-refractivity contribution in [2.45, 2.75) is 55.9 Å². The number of hydrogen-bond acceptors (Lipinski definition) is 9. The number of ether oxygens (including phenoxy) is 1. The first-order valence-corrected chi connectivity index (χ1v) is 8.34. The lowest BCUT2D eigenvalue weighted by Crippen LogP contribution is -2.33. The zero-order chi connectivity index (χ0) is 17.6. The van der Waals surface area contributed by atoms with Gasteiger partial charge >= 0.3 is 0 Å². The molecule has 2 aliphatic rings. The summed E-state index contributed by atoms with van der Waals surface area (Å²) in [6, 6.07) is -0.0860. The van der Waals surface area contributed by atoms with Crippen LogP contribution < -0.4 is 5.32 Å². The second-order valence-electron chi connectivity index (χ2n) is 6.52. The fourth-order valence-electron chi connectivity index (χ4n) is 3.54. The summed E-state index contributed by atoms with van der Waals surface area (Å²) in [6.07, 6.45) is 0.768. The predicted molar refractivity (Wildman–Crippen MR) is 85.6 cm³/mol. The van der Waals surface area contributed by atoms with Crippen molar-refractivity contribution in [1.29, 1.82) is 0 Å². The highest BCUT2D eigenvalue weighted by Crippen LogP contribution is 2.32. The van der Waals surface area contributed by atoms with Gasteiger partial charge in [0.25, 0.3) is 0 Å². The molecule has 0 bridgehead atoms. The number of imidazole rings is 1. The van der Waals surface area contributed by atoms with Gasteiger partial charge in [-0.05, 0) is 19.3 Å². The molecule has 10 heteroatoms. The average Bonchev–Trinajstić information content (AvgIpc) is 3.29. The topological polar surface area (TPSA) is 146 Å². The van der Waals surface area contributed by atoms with Crippen molar-refractivity contribution in [3.63, 3.8) is 0 Å². The molecule has 0 radical (unpaired) electrons. The van der Waals surface area contributed by atoms with Crippen molar-refractivity contribution >= 4 is 17.0 Å². The van der Waals surface area contributed by atoms with Crippen LogP contribution >= 0.6 is 0 Å². The van der Waals surface area contributed by atoms with Crippen LogP contribution in [0.5, 0.6) is 0 Å².